The molecule has 1 aromatic heterocycles. The van der Waals surface area contributed by atoms with Crippen LogP contribution in [-0.2, 0) is 9.59 Å². The van der Waals surface area contributed by atoms with Gasteiger partial charge in [-0.05, 0) is 0 Å². The highest BCUT2D eigenvalue weighted by Crippen LogP contribution is 2.20. The number of aromatic nitrogens is 2. The monoisotopic (exact) mass is 298 g/mol. The van der Waals surface area contributed by atoms with E-state index in [1.807, 2.05) is 0 Å². The van der Waals surface area contributed by atoms with E-state index in [-0.39, 0.29) is 22.8 Å². The van der Waals surface area contributed by atoms with Crippen molar-refractivity contribution < 1.29 is 18.9 Å². The van der Waals surface area contributed by atoms with Crippen LogP contribution in [0.1, 0.15) is 13.8 Å². The number of hydrogen-bond donors (Lipinski definition) is 0. The zero-order valence-electron chi connectivity index (χ0n) is 11.8. The molecule has 0 unspecified atom stereocenters. The van der Waals surface area contributed by atoms with Crippen LogP contribution in [0.3, 0.4) is 0 Å². The molecule has 110 valence electrons. The van der Waals surface area contributed by atoms with Gasteiger partial charge in [0.25, 0.3) is 6.20 Å². The number of likely N-dealkylation sites (N-methyl/N-ethyl adjacent to an activating group) is 1. The Bertz CT molecular complexity index is 489. The van der Waals surface area contributed by atoms with Crippen molar-refractivity contribution in [3.63, 3.8) is 0 Å². The predicted octanol–water partition coefficient (Wildman–Crippen LogP) is 1.16. The van der Waals surface area contributed by atoms with E-state index >= 15 is 0 Å². The van der Waals surface area contributed by atoms with Gasteiger partial charge in [0.15, 0.2) is 5.12 Å². The second-order valence-corrected chi connectivity index (χ2v) is 5.44. The van der Waals surface area contributed by atoms with Crippen LogP contribution in [-0.4, -0.2) is 35.6 Å². The molecule has 1 aromatic rings. The Kier molecular flexibility index (Phi) is 6.23. The molecule has 20 heavy (non-hydrogen) atoms. The fraction of sp³-hybridized carbons (Fsp3) is 0.500. The molecular weight excluding hydrogens is 280 g/mol. The summed E-state index contributed by atoms with van der Waals surface area (Å²) in [5, 5.41) is 9.28. The lowest BCUT2D eigenvalue weighted by Gasteiger charge is -2.18. The van der Waals surface area contributed by atoms with Crippen molar-refractivity contribution in [2.75, 3.05) is 24.4 Å². The molecule has 1 heterocycles. The molecule has 0 N–H and O–H groups in total. The van der Waals surface area contributed by atoms with Crippen LogP contribution < -0.4 is 9.80 Å². The van der Waals surface area contributed by atoms with Crippen LogP contribution in [0.15, 0.2) is 23.4 Å². The lowest BCUT2D eigenvalue weighted by Crippen LogP contribution is -2.56. The number of carbonyl (C=O) groups is 2. The zero-order chi connectivity index (χ0) is 15.1. The van der Waals surface area contributed by atoms with Gasteiger partial charge in [0.2, 0.25) is 5.27 Å². The molecule has 0 aliphatic rings. The van der Waals surface area contributed by atoms with Gasteiger partial charge in [0, 0.05) is 18.6 Å². The Labute approximate surface area is 121 Å². The summed E-state index contributed by atoms with van der Waals surface area (Å²) in [5.74, 6) is -0.158. The summed E-state index contributed by atoms with van der Waals surface area (Å²) in [7, 11) is 1.79. The quantitative estimate of drug-likeness (QED) is 0.555. The molecule has 0 radical (unpaired) electrons. The largest absolute Gasteiger partial charge is 0.588 e. The van der Waals surface area contributed by atoms with Gasteiger partial charge in [-0.3, -0.25) is 4.79 Å². The molecule has 0 bridgehead atoms. The van der Waals surface area contributed by atoms with E-state index in [0.29, 0.717) is 12.3 Å². The number of amides is 1. The van der Waals surface area contributed by atoms with Crippen molar-refractivity contribution in [3.8, 4) is 0 Å². The summed E-state index contributed by atoms with van der Waals surface area (Å²) in [6, 6.07) is 0. The number of nitrogens with zero attached hydrogens (tertiary/aromatic N) is 4. The fourth-order valence-corrected chi connectivity index (χ4v) is 1.87. The average molecular weight is 298 g/mol. The van der Waals surface area contributed by atoms with E-state index in [1.165, 1.54) is 17.9 Å². The van der Waals surface area contributed by atoms with Gasteiger partial charge >= 0.3 is 0 Å². The summed E-state index contributed by atoms with van der Waals surface area (Å²) < 4.78 is 4.95. The number of thioether (sulfide) groups is 1. The molecule has 0 saturated heterocycles. The number of carbonyl (C=O) groups excluding carboxylic acids is 2. The number of hydrogen-bond acceptors (Lipinski definition) is 6. The molecule has 0 aliphatic carbocycles. The highest BCUT2D eigenvalue weighted by atomic mass is 32.2. The predicted molar refractivity (Wildman–Crippen MR) is 76.2 cm³/mol. The van der Waals surface area contributed by atoms with Gasteiger partial charge in [-0.2, -0.15) is 5.01 Å². The van der Waals surface area contributed by atoms with Gasteiger partial charge in [0.1, 0.15) is 5.88 Å². The summed E-state index contributed by atoms with van der Waals surface area (Å²) in [6.45, 7) is 7.38. The minimum absolute atomic E-state index is 0.0202. The van der Waals surface area contributed by atoms with E-state index in [0.717, 1.165) is 11.8 Å². The molecule has 0 aliphatic heterocycles. The van der Waals surface area contributed by atoms with Crippen molar-refractivity contribution in [2.24, 2.45) is 5.92 Å². The third kappa shape index (κ3) is 5.04. The molecule has 7 nitrogen and oxygen atoms in total. The molecule has 0 fully saturated rings. The smallest absolute Gasteiger partial charge is 0.257 e. The highest BCUT2D eigenvalue weighted by molar-refractivity contribution is 8.13. The minimum atomic E-state index is -0.353. The van der Waals surface area contributed by atoms with Crippen LogP contribution in [0.25, 0.3) is 5.32 Å². The van der Waals surface area contributed by atoms with Crippen molar-refractivity contribution >= 4 is 28.7 Å². The summed E-state index contributed by atoms with van der Waals surface area (Å²) in [5.41, 5.74) is 0. The standard InChI is InChI=1S/C12H18N4O3S/c1-5-6-15(4)16-7-11(19-14-16)13-12(18)9(2)8-20-10(3)17/h5,7,9H,1,6,8H2,2-4H3/t9-/m1/s1. The molecule has 0 spiro atoms. The Hall–Kier alpha value is -1.83. The zero-order valence-corrected chi connectivity index (χ0v) is 12.6. The van der Waals surface area contributed by atoms with Crippen LogP contribution >= 0.6 is 11.8 Å². The molecule has 1 rings (SSSR count). The summed E-state index contributed by atoms with van der Waals surface area (Å²) >= 11 is 1.10. The summed E-state index contributed by atoms with van der Waals surface area (Å²) in [6.07, 6.45) is 3.22. The first-order valence-electron chi connectivity index (χ1n) is 6.04. The Morgan fingerprint density at radius 3 is 3.00 bits per heavy atom. The Morgan fingerprint density at radius 2 is 2.40 bits per heavy atom. The lowest BCUT2D eigenvalue weighted by molar-refractivity contribution is -0.755. The molecule has 0 saturated carbocycles. The van der Waals surface area contributed by atoms with Crippen LogP contribution in [0.5, 0.6) is 0 Å². The first-order valence-corrected chi connectivity index (χ1v) is 7.02. The summed E-state index contributed by atoms with van der Waals surface area (Å²) in [4.78, 5) is 24.1. The van der Waals surface area contributed by atoms with Crippen LogP contribution in [0, 0.1) is 5.92 Å². The second-order valence-electron chi connectivity index (χ2n) is 4.24. The third-order valence-electron chi connectivity index (χ3n) is 2.37. The maximum Gasteiger partial charge on any atom is 0.257 e. The van der Waals surface area contributed by atoms with Gasteiger partial charge in [-0.1, -0.05) is 24.8 Å². The molecule has 1 atom stereocenters. The molecule has 0 aromatic carbocycles. The lowest BCUT2D eigenvalue weighted by atomic mass is 10.2. The van der Waals surface area contributed by atoms with Gasteiger partial charge in [-0.15, -0.1) is 6.58 Å². The first kappa shape index (κ1) is 16.2. The third-order valence-corrected chi connectivity index (χ3v) is 3.44. The van der Waals surface area contributed by atoms with Crippen molar-refractivity contribution in [1.82, 2.24) is 5.27 Å². The van der Waals surface area contributed by atoms with E-state index in [9.17, 15) is 9.59 Å². The maximum absolute atomic E-state index is 11.8. The minimum Gasteiger partial charge on any atom is -0.588 e. The molecule has 1 amide bonds. The topological polar surface area (TPSA) is 81.4 Å². The van der Waals surface area contributed by atoms with Crippen molar-refractivity contribution in [2.45, 2.75) is 13.8 Å². The van der Waals surface area contributed by atoms with Crippen molar-refractivity contribution in [1.29, 1.82) is 0 Å². The SMILES string of the molecule is C=CCN(C)[n+]1cc([N-]C(=O)[C@H](C)CSC(C)=O)on1. The Morgan fingerprint density at radius 1 is 1.70 bits per heavy atom. The average Bonchev–Trinajstić information content (AvgIpc) is 2.84. The van der Waals surface area contributed by atoms with E-state index in [4.69, 9.17) is 4.52 Å². The van der Waals surface area contributed by atoms with Crippen LogP contribution in [0.4, 0.5) is 5.88 Å². The van der Waals surface area contributed by atoms with E-state index in [2.05, 4.69) is 17.2 Å². The second kappa shape index (κ2) is 7.68. The van der Waals surface area contributed by atoms with Gasteiger partial charge < -0.3 is 14.6 Å². The van der Waals surface area contributed by atoms with Crippen molar-refractivity contribution in [3.05, 3.63) is 24.2 Å². The van der Waals surface area contributed by atoms with E-state index in [1.54, 1.807) is 25.1 Å². The van der Waals surface area contributed by atoms with Crippen LogP contribution in [0.2, 0.25) is 0 Å². The highest BCUT2D eigenvalue weighted by Gasteiger charge is 2.13. The normalized spacial score (nSPS) is 11.8. The van der Waals surface area contributed by atoms with Gasteiger partial charge in [-0.25, -0.2) is 0 Å². The van der Waals surface area contributed by atoms with Gasteiger partial charge in [0.05, 0.1) is 24.3 Å². The Balaban J connectivity index is 2.53. The fourth-order valence-electron chi connectivity index (χ4n) is 1.24. The van der Waals surface area contributed by atoms with E-state index < -0.39 is 0 Å². The number of rotatable bonds is 7. The first-order chi connectivity index (χ1) is 9.43. The molecule has 8 heteroatoms. The maximum atomic E-state index is 11.8. The molecular formula is C12H18N4O3S.